The van der Waals surface area contributed by atoms with Gasteiger partial charge in [-0.25, -0.2) is 8.42 Å². The lowest BCUT2D eigenvalue weighted by atomic mass is 10.1. The van der Waals surface area contributed by atoms with Crippen LogP contribution < -0.4 is 19.1 Å². The molecule has 0 aromatic heterocycles. The number of carbonyl (C=O) groups excluding carboxylic acids is 2. The quantitative estimate of drug-likeness (QED) is 0.165. The van der Waals surface area contributed by atoms with Crippen molar-refractivity contribution < 1.29 is 27.5 Å². The Labute approximate surface area is 277 Å². The smallest absolute Gasteiger partial charge is 0.264 e. The minimum Gasteiger partial charge on any atom is -0.497 e. The lowest BCUT2D eigenvalue weighted by Crippen LogP contribution is -2.53. The molecule has 1 atom stereocenters. The molecule has 0 unspecified atom stereocenters. The van der Waals surface area contributed by atoms with Crippen LogP contribution in [0.25, 0.3) is 0 Å². The molecule has 0 spiro atoms. The fourth-order valence-corrected chi connectivity index (χ4v) is 7.24. The number of nitrogens with one attached hydrogen (secondary N) is 1. The SMILES string of the molecule is CC[C@@H](C(=O)NC1CCCC1)N(Cc1cccc(OC)c1)C(=O)CN(c1ccc(Oc2ccccc2)cc1)S(=O)(=O)c1ccccc1. The van der Waals surface area contributed by atoms with E-state index in [4.69, 9.17) is 9.47 Å². The number of anilines is 1. The molecule has 4 aromatic carbocycles. The molecular formula is C37H41N3O6S. The van der Waals surface area contributed by atoms with Crippen LogP contribution in [0.5, 0.6) is 17.2 Å². The van der Waals surface area contributed by atoms with Gasteiger partial charge in [0.1, 0.15) is 29.8 Å². The lowest BCUT2D eigenvalue weighted by Gasteiger charge is -2.34. The van der Waals surface area contributed by atoms with Crippen LogP contribution >= 0.6 is 0 Å². The van der Waals surface area contributed by atoms with Crippen LogP contribution in [-0.2, 0) is 26.2 Å². The second-order valence-corrected chi connectivity index (χ2v) is 13.4. The highest BCUT2D eigenvalue weighted by atomic mass is 32.2. The number of sulfonamides is 1. The average molecular weight is 656 g/mol. The molecule has 47 heavy (non-hydrogen) atoms. The van der Waals surface area contributed by atoms with E-state index in [9.17, 15) is 18.0 Å². The van der Waals surface area contributed by atoms with Gasteiger partial charge in [0.15, 0.2) is 0 Å². The highest BCUT2D eigenvalue weighted by Crippen LogP contribution is 2.29. The predicted molar refractivity (Wildman–Crippen MR) is 182 cm³/mol. The third-order valence-electron chi connectivity index (χ3n) is 8.29. The van der Waals surface area contributed by atoms with Crippen LogP contribution in [0.1, 0.15) is 44.6 Å². The summed E-state index contributed by atoms with van der Waals surface area (Å²) in [5.74, 6) is 1.02. The lowest BCUT2D eigenvalue weighted by molar-refractivity contribution is -0.140. The molecule has 5 rings (SSSR count). The Morgan fingerprint density at radius 1 is 0.830 bits per heavy atom. The monoisotopic (exact) mass is 655 g/mol. The zero-order valence-electron chi connectivity index (χ0n) is 26.7. The van der Waals surface area contributed by atoms with E-state index in [1.54, 1.807) is 55.6 Å². The number of rotatable bonds is 14. The Bertz CT molecular complexity index is 1730. The number of hydrogen-bond acceptors (Lipinski definition) is 6. The summed E-state index contributed by atoms with van der Waals surface area (Å²) >= 11 is 0. The number of carbonyl (C=O) groups is 2. The third kappa shape index (κ3) is 8.51. The van der Waals surface area contributed by atoms with E-state index in [2.05, 4.69) is 5.32 Å². The molecule has 1 N–H and O–H groups in total. The first-order chi connectivity index (χ1) is 22.8. The van der Waals surface area contributed by atoms with Crippen molar-refractivity contribution in [3.8, 4) is 17.2 Å². The summed E-state index contributed by atoms with van der Waals surface area (Å²) in [6.07, 6.45) is 4.26. The molecule has 1 aliphatic rings. The average Bonchev–Trinajstić information content (AvgIpc) is 3.61. The van der Waals surface area contributed by atoms with Crippen LogP contribution in [-0.4, -0.2) is 50.9 Å². The van der Waals surface area contributed by atoms with Gasteiger partial charge in [-0.3, -0.25) is 13.9 Å². The van der Waals surface area contributed by atoms with Crippen LogP contribution in [0, 0.1) is 0 Å². The highest BCUT2D eigenvalue weighted by Gasteiger charge is 2.34. The van der Waals surface area contributed by atoms with Crippen molar-refractivity contribution in [2.45, 2.75) is 62.6 Å². The summed E-state index contributed by atoms with van der Waals surface area (Å²) < 4.78 is 40.7. The predicted octanol–water partition coefficient (Wildman–Crippen LogP) is 6.55. The van der Waals surface area contributed by atoms with E-state index in [0.29, 0.717) is 23.7 Å². The van der Waals surface area contributed by atoms with Gasteiger partial charge >= 0.3 is 0 Å². The third-order valence-corrected chi connectivity index (χ3v) is 10.1. The molecule has 0 heterocycles. The van der Waals surface area contributed by atoms with Gasteiger partial charge in [-0.1, -0.05) is 68.3 Å². The molecule has 1 saturated carbocycles. The fourth-order valence-electron chi connectivity index (χ4n) is 5.81. The molecule has 0 saturated heterocycles. The number of para-hydroxylation sites is 1. The number of ether oxygens (including phenoxy) is 2. The molecule has 4 aromatic rings. The maximum absolute atomic E-state index is 14.4. The number of nitrogens with zero attached hydrogens (tertiary/aromatic N) is 2. The topological polar surface area (TPSA) is 105 Å². The van der Waals surface area contributed by atoms with Crippen molar-refractivity contribution in [3.63, 3.8) is 0 Å². The first kappa shape index (κ1) is 33.5. The molecular weight excluding hydrogens is 614 g/mol. The standard InChI is InChI=1S/C37H41N3O6S/c1-3-35(37(42)38-29-14-10-11-15-29)39(26-28-13-12-18-33(25-28)45-2)36(41)27-40(47(43,44)34-19-8-5-9-20-34)30-21-23-32(24-22-30)46-31-16-6-4-7-17-31/h4-9,12-13,16-25,29,35H,3,10-11,14-15,26-27H2,1-2H3,(H,38,42)/t35-/m0/s1. The molecule has 10 heteroatoms. The van der Waals surface area contributed by atoms with E-state index in [0.717, 1.165) is 35.6 Å². The van der Waals surface area contributed by atoms with Gasteiger partial charge in [0, 0.05) is 12.6 Å². The number of amides is 2. The molecule has 2 amide bonds. The van der Waals surface area contributed by atoms with Crippen LogP contribution in [0.3, 0.4) is 0 Å². The summed E-state index contributed by atoms with van der Waals surface area (Å²) in [7, 11) is -2.62. The van der Waals surface area contributed by atoms with Crippen molar-refractivity contribution in [2.24, 2.45) is 0 Å². The van der Waals surface area contributed by atoms with Crippen LogP contribution in [0.4, 0.5) is 5.69 Å². The van der Waals surface area contributed by atoms with Crippen molar-refractivity contribution in [3.05, 3.63) is 115 Å². The number of benzene rings is 4. The first-order valence-corrected chi connectivity index (χ1v) is 17.4. The van der Waals surface area contributed by atoms with Gasteiger partial charge in [0.05, 0.1) is 17.7 Å². The molecule has 1 aliphatic carbocycles. The second-order valence-electron chi connectivity index (χ2n) is 11.5. The van der Waals surface area contributed by atoms with E-state index in [-0.39, 0.29) is 29.1 Å². The minimum absolute atomic E-state index is 0.0442. The van der Waals surface area contributed by atoms with E-state index >= 15 is 0 Å². The Kier molecular flexibility index (Phi) is 11.2. The normalized spacial score (nSPS) is 13.8. The maximum atomic E-state index is 14.4. The van der Waals surface area contributed by atoms with Crippen LogP contribution in [0.2, 0.25) is 0 Å². The Hall–Kier alpha value is -4.83. The van der Waals surface area contributed by atoms with Gasteiger partial charge in [-0.2, -0.15) is 0 Å². The van der Waals surface area contributed by atoms with Gasteiger partial charge in [0.25, 0.3) is 10.0 Å². The molecule has 9 nitrogen and oxygen atoms in total. The van der Waals surface area contributed by atoms with E-state index < -0.39 is 28.5 Å². The minimum atomic E-state index is -4.18. The fraction of sp³-hybridized carbons (Fsp3) is 0.297. The Morgan fingerprint density at radius 2 is 1.45 bits per heavy atom. The van der Waals surface area contributed by atoms with Gasteiger partial charge < -0.3 is 19.7 Å². The second kappa shape index (κ2) is 15.6. The molecule has 0 radical (unpaired) electrons. The zero-order valence-corrected chi connectivity index (χ0v) is 27.6. The summed E-state index contributed by atoms with van der Waals surface area (Å²) in [5.41, 5.74) is 1.04. The van der Waals surface area contributed by atoms with Crippen molar-refractivity contribution in [2.75, 3.05) is 18.0 Å². The van der Waals surface area contributed by atoms with E-state index in [1.807, 2.05) is 55.5 Å². The molecule has 1 fully saturated rings. The highest BCUT2D eigenvalue weighted by molar-refractivity contribution is 7.92. The first-order valence-electron chi connectivity index (χ1n) is 15.9. The number of methoxy groups -OCH3 is 1. The van der Waals surface area contributed by atoms with Gasteiger partial charge in [-0.15, -0.1) is 0 Å². The van der Waals surface area contributed by atoms with Crippen molar-refractivity contribution in [1.82, 2.24) is 10.2 Å². The molecule has 0 aliphatic heterocycles. The Morgan fingerprint density at radius 3 is 2.09 bits per heavy atom. The number of hydrogen-bond donors (Lipinski definition) is 1. The van der Waals surface area contributed by atoms with Crippen molar-refractivity contribution >= 4 is 27.5 Å². The molecule has 246 valence electrons. The summed E-state index contributed by atoms with van der Waals surface area (Å²) in [5, 5.41) is 3.14. The van der Waals surface area contributed by atoms with E-state index in [1.165, 1.54) is 17.0 Å². The summed E-state index contributed by atoms with van der Waals surface area (Å²) in [6.45, 7) is 1.43. The summed E-state index contributed by atoms with van der Waals surface area (Å²) in [4.78, 5) is 29.6. The maximum Gasteiger partial charge on any atom is 0.264 e. The van der Waals surface area contributed by atoms with Crippen LogP contribution in [0.15, 0.2) is 114 Å². The van der Waals surface area contributed by atoms with Crippen molar-refractivity contribution in [1.29, 1.82) is 0 Å². The summed E-state index contributed by atoms with van der Waals surface area (Å²) in [6, 6.07) is 30.4. The largest absolute Gasteiger partial charge is 0.497 e. The molecule has 0 bridgehead atoms. The Balaban J connectivity index is 1.48. The van der Waals surface area contributed by atoms with Gasteiger partial charge in [0.2, 0.25) is 11.8 Å². The zero-order chi connectivity index (χ0) is 33.2. The van der Waals surface area contributed by atoms with Gasteiger partial charge in [-0.05, 0) is 85.5 Å².